The van der Waals surface area contributed by atoms with Crippen LogP contribution < -0.4 is 0 Å². The van der Waals surface area contributed by atoms with Gasteiger partial charge in [-0.3, -0.25) is 4.79 Å². The lowest BCUT2D eigenvalue weighted by Gasteiger charge is -2.27. The molecule has 1 heterocycles. The van der Waals surface area contributed by atoms with Gasteiger partial charge in [0.25, 0.3) is 9.05 Å². The Morgan fingerprint density at radius 1 is 1.38 bits per heavy atom. The summed E-state index contributed by atoms with van der Waals surface area (Å²) in [6.07, 6.45) is 3.62. The number of hydrogen-bond acceptors (Lipinski definition) is 6. The molecule has 0 amide bonds. The quantitative estimate of drug-likeness (QED) is 0.602. The fraction of sp³-hybridized carbons (Fsp3) is 0.615. The second-order valence-corrected chi connectivity index (χ2v) is 8.93. The molecular formula is C13H17ClO5S2. The van der Waals surface area contributed by atoms with E-state index in [-0.39, 0.29) is 28.8 Å². The topological polar surface area (TPSA) is 69.7 Å². The van der Waals surface area contributed by atoms with E-state index in [4.69, 9.17) is 20.2 Å². The van der Waals surface area contributed by atoms with E-state index in [0.29, 0.717) is 11.3 Å². The van der Waals surface area contributed by atoms with Crippen molar-refractivity contribution in [1.82, 2.24) is 0 Å². The highest BCUT2D eigenvalue weighted by atomic mass is 35.7. The van der Waals surface area contributed by atoms with Crippen LogP contribution in [0.25, 0.3) is 0 Å². The zero-order valence-corrected chi connectivity index (χ0v) is 14.0. The van der Waals surface area contributed by atoms with Gasteiger partial charge in [0, 0.05) is 29.1 Å². The molecule has 2 rings (SSSR count). The zero-order chi connectivity index (χ0) is 15.5. The standard InChI is InChI=1S/C13H17ClO5S2/c1-18-9-3-2-4-10(7-9)19-12(15)8-11-5-6-13(20-11)21(14,16)17/h5-6,9-10H,2-4,7-8H2,1H3. The van der Waals surface area contributed by atoms with Gasteiger partial charge in [0.2, 0.25) is 0 Å². The molecule has 0 aromatic carbocycles. The minimum Gasteiger partial charge on any atom is -0.462 e. The number of thiophene rings is 1. The largest absolute Gasteiger partial charge is 0.462 e. The Kier molecular flexibility index (Phi) is 5.65. The molecule has 1 saturated carbocycles. The van der Waals surface area contributed by atoms with Gasteiger partial charge in [-0.1, -0.05) is 0 Å². The number of rotatable bonds is 5. The van der Waals surface area contributed by atoms with E-state index in [2.05, 4.69) is 0 Å². The molecular weight excluding hydrogens is 336 g/mol. The van der Waals surface area contributed by atoms with Gasteiger partial charge in [0.1, 0.15) is 10.3 Å². The molecule has 0 spiro atoms. The zero-order valence-electron chi connectivity index (χ0n) is 11.6. The number of carbonyl (C=O) groups is 1. The smallest absolute Gasteiger partial charge is 0.311 e. The van der Waals surface area contributed by atoms with Crippen molar-refractivity contribution in [3.63, 3.8) is 0 Å². The van der Waals surface area contributed by atoms with Crippen LogP contribution in [0.4, 0.5) is 0 Å². The molecule has 1 aliphatic rings. The van der Waals surface area contributed by atoms with E-state index >= 15 is 0 Å². The monoisotopic (exact) mass is 352 g/mol. The maximum Gasteiger partial charge on any atom is 0.311 e. The molecule has 1 aliphatic carbocycles. The summed E-state index contributed by atoms with van der Waals surface area (Å²) in [7, 11) is 3.18. The summed E-state index contributed by atoms with van der Waals surface area (Å²) in [5.41, 5.74) is 0. The Bertz CT molecular complexity index is 595. The van der Waals surface area contributed by atoms with Crippen molar-refractivity contribution in [2.45, 2.75) is 48.5 Å². The molecule has 21 heavy (non-hydrogen) atoms. The van der Waals surface area contributed by atoms with Crippen molar-refractivity contribution < 1.29 is 22.7 Å². The third-order valence-corrected chi connectivity index (χ3v) is 6.58. The summed E-state index contributed by atoms with van der Waals surface area (Å²) in [6.45, 7) is 0. The van der Waals surface area contributed by atoms with Crippen LogP contribution in [0.1, 0.15) is 30.6 Å². The highest BCUT2D eigenvalue weighted by Gasteiger charge is 2.25. The van der Waals surface area contributed by atoms with Crippen LogP contribution in [-0.4, -0.2) is 33.7 Å². The van der Waals surface area contributed by atoms with Crippen LogP contribution in [0, 0.1) is 0 Å². The average Bonchev–Trinajstić information content (AvgIpc) is 2.87. The van der Waals surface area contributed by atoms with Crippen LogP contribution in [0.2, 0.25) is 0 Å². The Hall–Kier alpha value is -0.630. The van der Waals surface area contributed by atoms with Gasteiger partial charge in [-0.15, -0.1) is 11.3 Å². The van der Waals surface area contributed by atoms with Crippen molar-refractivity contribution in [3.05, 3.63) is 17.0 Å². The van der Waals surface area contributed by atoms with E-state index in [1.807, 2.05) is 0 Å². The first-order chi connectivity index (χ1) is 9.88. The summed E-state index contributed by atoms with van der Waals surface area (Å²) in [5.74, 6) is -0.350. The van der Waals surface area contributed by atoms with Crippen molar-refractivity contribution in [2.75, 3.05) is 7.11 Å². The molecule has 2 unspecified atom stereocenters. The Balaban J connectivity index is 1.88. The van der Waals surface area contributed by atoms with Gasteiger partial charge in [0.15, 0.2) is 0 Å². The molecule has 5 nitrogen and oxygen atoms in total. The first-order valence-electron chi connectivity index (χ1n) is 6.64. The number of methoxy groups -OCH3 is 1. The Morgan fingerprint density at radius 2 is 2.10 bits per heavy atom. The highest BCUT2D eigenvalue weighted by molar-refractivity contribution is 8.15. The third-order valence-electron chi connectivity index (χ3n) is 3.41. The molecule has 1 fully saturated rings. The SMILES string of the molecule is COC1CCCC(OC(=O)Cc2ccc(S(=O)(=O)Cl)s2)C1. The fourth-order valence-electron chi connectivity index (χ4n) is 2.38. The van der Waals surface area contributed by atoms with Crippen LogP contribution in [-0.2, 0) is 29.7 Å². The first kappa shape index (κ1) is 16.7. The molecule has 2 atom stereocenters. The third kappa shape index (κ3) is 4.95. The molecule has 0 radical (unpaired) electrons. The molecule has 0 saturated heterocycles. The summed E-state index contributed by atoms with van der Waals surface area (Å²) in [5, 5.41) is 0. The lowest BCUT2D eigenvalue weighted by Crippen LogP contribution is -2.29. The maximum absolute atomic E-state index is 11.9. The maximum atomic E-state index is 11.9. The number of ether oxygens (including phenoxy) is 2. The number of carbonyl (C=O) groups excluding carboxylic acids is 1. The minimum absolute atomic E-state index is 0.0454. The Labute approximate surface area is 132 Å². The second kappa shape index (κ2) is 7.09. The molecule has 118 valence electrons. The lowest BCUT2D eigenvalue weighted by atomic mass is 9.95. The number of halogens is 1. The van der Waals surface area contributed by atoms with E-state index in [9.17, 15) is 13.2 Å². The normalized spacial score (nSPS) is 23.0. The van der Waals surface area contributed by atoms with Crippen molar-refractivity contribution >= 4 is 37.0 Å². The predicted molar refractivity (Wildman–Crippen MR) is 80.2 cm³/mol. The lowest BCUT2D eigenvalue weighted by molar-refractivity contribution is -0.151. The van der Waals surface area contributed by atoms with Gasteiger partial charge >= 0.3 is 5.97 Å². The van der Waals surface area contributed by atoms with Crippen LogP contribution >= 0.6 is 22.0 Å². The molecule has 1 aromatic heterocycles. The van der Waals surface area contributed by atoms with Crippen LogP contribution in [0.15, 0.2) is 16.3 Å². The summed E-state index contributed by atoms with van der Waals surface area (Å²) >= 11 is 0.990. The van der Waals surface area contributed by atoms with Gasteiger partial charge in [-0.05, 0) is 31.4 Å². The van der Waals surface area contributed by atoms with E-state index in [0.717, 1.165) is 30.6 Å². The summed E-state index contributed by atoms with van der Waals surface area (Å²) in [6, 6.07) is 2.98. The highest BCUT2D eigenvalue weighted by Crippen LogP contribution is 2.26. The number of esters is 1. The molecule has 1 aromatic rings. The molecule has 0 aliphatic heterocycles. The molecule has 0 N–H and O–H groups in total. The fourth-order valence-corrected chi connectivity index (χ4v) is 4.49. The van der Waals surface area contributed by atoms with Gasteiger partial charge in [-0.25, -0.2) is 8.42 Å². The first-order valence-corrected chi connectivity index (χ1v) is 9.76. The van der Waals surface area contributed by atoms with Crippen molar-refractivity contribution in [3.8, 4) is 0 Å². The van der Waals surface area contributed by atoms with Crippen LogP contribution in [0.5, 0.6) is 0 Å². The minimum atomic E-state index is -3.73. The summed E-state index contributed by atoms with van der Waals surface area (Å²) in [4.78, 5) is 12.5. The molecule has 8 heteroatoms. The van der Waals surface area contributed by atoms with Crippen LogP contribution in [0.3, 0.4) is 0 Å². The van der Waals surface area contributed by atoms with Crippen molar-refractivity contribution in [1.29, 1.82) is 0 Å². The van der Waals surface area contributed by atoms with Gasteiger partial charge in [0.05, 0.1) is 12.5 Å². The summed E-state index contributed by atoms with van der Waals surface area (Å²) < 4.78 is 33.1. The predicted octanol–water partition coefficient (Wildman–Crippen LogP) is 2.72. The number of hydrogen-bond donors (Lipinski definition) is 0. The average molecular weight is 353 g/mol. The Morgan fingerprint density at radius 3 is 2.71 bits per heavy atom. The van der Waals surface area contributed by atoms with Crippen molar-refractivity contribution in [2.24, 2.45) is 0 Å². The van der Waals surface area contributed by atoms with Gasteiger partial charge in [-0.2, -0.15) is 0 Å². The second-order valence-electron chi connectivity index (χ2n) is 4.97. The molecule has 0 bridgehead atoms. The van der Waals surface area contributed by atoms with E-state index in [1.54, 1.807) is 13.2 Å². The van der Waals surface area contributed by atoms with E-state index in [1.165, 1.54) is 6.07 Å². The van der Waals surface area contributed by atoms with Gasteiger partial charge < -0.3 is 9.47 Å². The van der Waals surface area contributed by atoms with E-state index < -0.39 is 9.05 Å².